The molecule has 1 atom stereocenters. The summed E-state index contributed by atoms with van der Waals surface area (Å²) >= 11 is 0. The van der Waals surface area contributed by atoms with E-state index in [1.807, 2.05) is 12.3 Å². The minimum atomic E-state index is 0.494. The van der Waals surface area contributed by atoms with Crippen LogP contribution in [0.25, 0.3) is 0 Å². The predicted octanol–water partition coefficient (Wildman–Crippen LogP) is 1.40. The average molecular weight is 177 g/mol. The molecular weight excluding hydrogens is 162 g/mol. The fourth-order valence-corrected chi connectivity index (χ4v) is 1.90. The summed E-state index contributed by atoms with van der Waals surface area (Å²) < 4.78 is 0. The van der Waals surface area contributed by atoms with Gasteiger partial charge in [-0.05, 0) is 43.5 Å². The van der Waals surface area contributed by atoms with Gasteiger partial charge in [-0.2, -0.15) is 0 Å². The molecule has 1 aromatic rings. The van der Waals surface area contributed by atoms with Crippen LogP contribution in [0.15, 0.2) is 12.3 Å². The molecule has 1 saturated heterocycles. The fraction of sp³-hybridized carbons (Fsp3) is 0.500. The zero-order chi connectivity index (χ0) is 9.26. The normalized spacial score (nSPS) is 22.1. The standard InChI is InChI=1S/C10H15N3/c1-7-5-10(11)13-6-8(7)9-3-2-4-12-9/h5-6,9,12H,2-4H2,1H3,(H2,11,13)/t9-/m1/s1. The van der Waals surface area contributed by atoms with Gasteiger partial charge in [0, 0.05) is 12.2 Å². The lowest BCUT2D eigenvalue weighted by Crippen LogP contribution is -2.14. The molecule has 1 aliphatic rings. The van der Waals surface area contributed by atoms with Crippen molar-refractivity contribution in [1.29, 1.82) is 0 Å². The third-order valence-corrected chi connectivity index (χ3v) is 2.61. The Morgan fingerprint density at radius 1 is 1.62 bits per heavy atom. The van der Waals surface area contributed by atoms with Crippen LogP contribution in [0.1, 0.15) is 30.0 Å². The van der Waals surface area contributed by atoms with Gasteiger partial charge in [0.2, 0.25) is 0 Å². The number of anilines is 1. The minimum Gasteiger partial charge on any atom is -0.384 e. The fourth-order valence-electron chi connectivity index (χ4n) is 1.90. The summed E-state index contributed by atoms with van der Waals surface area (Å²) in [6.45, 7) is 3.21. The second kappa shape index (κ2) is 3.34. The molecule has 3 N–H and O–H groups in total. The summed E-state index contributed by atoms with van der Waals surface area (Å²) in [5, 5.41) is 3.45. The van der Waals surface area contributed by atoms with Crippen molar-refractivity contribution in [3.8, 4) is 0 Å². The maximum atomic E-state index is 5.59. The van der Waals surface area contributed by atoms with E-state index in [0.29, 0.717) is 11.9 Å². The lowest BCUT2D eigenvalue weighted by molar-refractivity contribution is 0.641. The first-order valence-electron chi connectivity index (χ1n) is 4.73. The Hall–Kier alpha value is -1.09. The van der Waals surface area contributed by atoms with E-state index in [9.17, 15) is 0 Å². The van der Waals surface area contributed by atoms with Crippen LogP contribution in [0.3, 0.4) is 0 Å². The molecule has 2 heterocycles. The van der Waals surface area contributed by atoms with E-state index >= 15 is 0 Å². The van der Waals surface area contributed by atoms with Crippen molar-refractivity contribution in [1.82, 2.24) is 10.3 Å². The summed E-state index contributed by atoms with van der Waals surface area (Å²) in [4.78, 5) is 4.12. The molecule has 1 fully saturated rings. The summed E-state index contributed by atoms with van der Waals surface area (Å²) in [6.07, 6.45) is 4.37. The highest BCUT2D eigenvalue weighted by atomic mass is 14.9. The van der Waals surface area contributed by atoms with Gasteiger partial charge in [0.25, 0.3) is 0 Å². The Balaban J connectivity index is 2.29. The Kier molecular flexibility index (Phi) is 2.19. The second-order valence-electron chi connectivity index (χ2n) is 3.61. The van der Waals surface area contributed by atoms with Crippen LogP contribution in [-0.2, 0) is 0 Å². The second-order valence-corrected chi connectivity index (χ2v) is 3.61. The molecule has 0 aliphatic carbocycles. The van der Waals surface area contributed by atoms with E-state index in [4.69, 9.17) is 5.73 Å². The van der Waals surface area contributed by atoms with Crippen LogP contribution in [0.2, 0.25) is 0 Å². The number of nitrogens with one attached hydrogen (secondary N) is 1. The molecule has 3 heteroatoms. The van der Waals surface area contributed by atoms with Gasteiger partial charge in [0.15, 0.2) is 0 Å². The number of nitrogen functional groups attached to an aromatic ring is 1. The first-order valence-corrected chi connectivity index (χ1v) is 4.73. The number of nitrogens with zero attached hydrogens (tertiary/aromatic N) is 1. The molecule has 1 aliphatic heterocycles. The molecule has 0 bridgehead atoms. The predicted molar refractivity (Wildman–Crippen MR) is 53.4 cm³/mol. The Bertz CT molecular complexity index is 303. The van der Waals surface area contributed by atoms with Gasteiger partial charge >= 0.3 is 0 Å². The Morgan fingerprint density at radius 2 is 2.46 bits per heavy atom. The molecular formula is C10H15N3. The van der Waals surface area contributed by atoms with Crippen LogP contribution in [0, 0.1) is 6.92 Å². The molecule has 0 saturated carbocycles. The number of hydrogen-bond donors (Lipinski definition) is 2. The molecule has 13 heavy (non-hydrogen) atoms. The number of rotatable bonds is 1. The van der Waals surface area contributed by atoms with Crippen LogP contribution in [-0.4, -0.2) is 11.5 Å². The molecule has 70 valence electrons. The van der Waals surface area contributed by atoms with Gasteiger partial charge in [-0.3, -0.25) is 0 Å². The van der Waals surface area contributed by atoms with Crippen LogP contribution >= 0.6 is 0 Å². The highest BCUT2D eigenvalue weighted by molar-refractivity contribution is 5.37. The quantitative estimate of drug-likeness (QED) is 0.681. The van der Waals surface area contributed by atoms with Crippen LogP contribution in [0.5, 0.6) is 0 Å². The maximum Gasteiger partial charge on any atom is 0.123 e. The summed E-state index contributed by atoms with van der Waals surface area (Å²) in [6, 6.07) is 2.43. The topological polar surface area (TPSA) is 50.9 Å². The molecule has 1 aromatic heterocycles. The van der Waals surface area contributed by atoms with E-state index in [1.54, 1.807) is 0 Å². The maximum absolute atomic E-state index is 5.59. The highest BCUT2D eigenvalue weighted by Crippen LogP contribution is 2.25. The number of aromatic nitrogens is 1. The van der Waals surface area contributed by atoms with Crippen molar-refractivity contribution in [3.05, 3.63) is 23.4 Å². The molecule has 3 nitrogen and oxygen atoms in total. The molecule has 2 rings (SSSR count). The lowest BCUT2D eigenvalue weighted by atomic mass is 10.0. The lowest BCUT2D eigenvalue weighted by Gasteiger charge is -2.13. The highest BCUT2D eigenvalue weighted by Gasteiger charge is 2.17. The van der Waals surface area contributed by atoms with E-state index in [0.717, 1.165) is 6.54 Å². The van der Waals surface area contributed by atoms with E-state index < -0.39 is 0 Å². The molecule has 0 radical (unpaired) electrons. The number of pyridine rings is 1. The van der Waals surface area contributed by atoms with Gasteiger partial charge in [-0.1, -0.05) is 0 Å². The first-order chi connectivity index (χ1) is 6.27. The van der Waals surface area contributed by atoms with Crippen molar-refractivity contribution in [2.75, 3.05) is 12.3 Å². The van der Waals surface area contributed by atoms with E-state index in [2.05, 4.69) is 17.2 Å². The van der Waals surface area contributed by atoms with Crippen molar-refractivity contribution in [3.63, 3.8) is 0 Å². The van der Waals surface area contributed by atoms with E-state index in [-0.39, 0.29) is 0 Å². The molecule has 0 aromatic carbocycles. The third kappa shape index (κ3) is 1.65. The van der Waals surface area contributed by atoms with Crippen molar-refractivity contribution in [2.45, 2.75) is 25.8 Å². The van der Waals surface area contributed by atoms with Gasteiger partial charge in [0.1, 0.15) is 5.82 Å². The zero-order valence-corrected chi connectivity index (χ0v) is 7.88. The van der Waals surface area contributed by atoms with Crippen LogP contribution < -0.4 is 11.1 Å². The minimum absolute atomic E-state index is 0.494. The monoisotopic (exact) mass is 177 g/mol. The number of hydrogen-bond acceptors (Lipinski definition) is 3. The number of nitrogens with two attached hydrogens (primary N) is 1. The first kappa shape index (κ1) is 8.51. The van der Waals surface area contributed by atoms with Gasteiger partial charge in [-0.25, -0.2) is 4.98 Å². The van der Waals surface area contributed by atoms with E-state index in [1.165, 1.54) is 24.0 Å². The van der Waals surface area contributed by atoms with Crippen molar-refractivity contribution in [2.24, 2.45) is 0 Å². The van der Waals surface area contributed by atoms with Gasteiger partial charge in [-0.15, -0.1) is 0 Å². The van der Waals surface area contributed by atoms with Crippen LogP contribution in [0.4, 0.5) is 5.82 Å². The van der Waals surface area contributed by atoms with Gasteiger partial charge < -0.3 is 11.1 Å². The van der Waals surface area contributed by atoms with Crippen molar-refractivity contribution < 1.29 is 0 Å². The zero-order valence-electron chi connectivity index (χ0n) is 7.88. The van der Waals surface area contributed by atoms with Gasteiger partial charge in [0.05, 0.1) is 0 Å². The Labute approximate surface area is 78.4 Å². The SMILES string of the molecule is Cc1cc(N)ncc1[C@H]1CCCN1. The molecule has 0 spiro atoms. The smallest absolute Gasteiger partial charge is 0.123 e. The summed E-state index contributed by atoms with van der Waals surface area (Å²) in [7, 11) is 0. The largest absolute Gasteiger partial charge is 0.384 e. The Morgan fingerprint density at radius 3 is 3.08 bits per heavy atom. The molecule has 0 unspecified atom stereocenters. The number of aryl methyl sites for hydroxylation is 1. The summed E-state index contributed by atoms with van der Waals surface area (Å²) in [5.41, 5.74) is 8.14. The molecule has 0 amide bonds. The third-order valence-electron chi connectivity index (χ3n) is 2.61. The van der Waals surface area contributed by atoms with Crippen molar-refractivity contribution >= 4 is 5.82 Å². The summed E-state index contributed by atoms with van der Waals surface area (Å²) in [5.74, 6) is 0.610. The average Bonchev–Trinajstić information content (AvgIpc) is 2.56.